The number of carbonyl (C=O) groups excluding carboxylic acids is 2. The smallest absolute Gasteiger partial charge is 0.310 e. The van der Waals surface area contributed by atoms with E-state index >= 15 is 0 Å². The maximum absolute atomic E-state index is 13.0. The Bertz CT molecular complexity index is 636. The van der Waals surface area contributed by atoms with Crippen LogP contribution in [-0.2, 0) is 9.53 Å². The lowest BCUT2D eigenvalue weighted by molar-refractivity contribution is -0.145. The number of amides is 1. The highest BCUT2D eigenvalue weighted by Gasteiger charge is 2.23. The van der Waals surface area contributed by atoms with E-state index in [0.717, 1.165) is 24.8 Å². The van der Waals surface area contributed by atoms with E-state index in [2.05, 4.69) is 6.08 Å². The molecule has 1 atom stereocenters. The SMILES string of the molecule is COC(=O)C(C)CN(CCC1=CCCCC1)C(=O)c1cccc(C)c1. The van der Waals surface area contributed by atoms with Crippen molar-refractivity contribution in [3.8, 4) is 0 Å². The van der Waals surface area contributed by atoms with Gasteiger partial charge in [-0.25, -0.2) is 0 Å². The van der Waals surface area contributed by atoms with E-state index in [1.807, 2.05) is 38.1 Å². The normalized spacial score (nSPS) is 15.2. The number of carbonyl (C=O) groups is 2. The predicted molar refractivity (Wildman–Crippen MR) is 99.4 cm³/mol. The molecule has 0 aromatic heterocycles. The molecular weight excluding hydrogens is 314 g/mol. The molecule has 0 fully saturated rings. The van der Waals surface area contributed by atoms with Gasteiger partial charge in [0.2, 0.25) is 0 Å². The Labute approximate surface area is 150 Å². The third-order valence-corrected chi connectivity index (χ3v) is 4.74. The number of rotatable bonds is 7. The minimum atomic E-state index is -0.334. The monoisotopic (exact) mass is 343 g/mol. The van der Waals surface area contributed by atoms with Gasteiger partial charge in [0.15, 0.2) is 0 Å². The number of aryl methyl sites for hydroxylation is 1. The molecule has 25 heavy (non-hydrogen) atoms. The minimum absolute atomic E-state index is 0.0177. The van der Waals surface area contributed by atoms with Gasteiger partial charge in [-0.3, -0.25) is 9.59 Å². The van der Waals surface area contributed by atoms with Crippen LogP contribution < -0.4 is 0 Å². The van der Waals surface area contributed by atoms with Crippen LogP contribution >= 0.6 is 0 Å². The highest BCUT2D eigenvalue weighted by atomic mass is 16.5. The van der Waals surface area contributed by atoms with Crippen LogP contribution in [0.1, 0.15) is 54.9 Å². The number of nitrogens with zero attached hydrogens (tertiary/aromatic N) is 1. The van der Waals surface area contributed by atoms with Gasteiger partial charge in [0, 0.05) is 18.7 Å². The summed E-state index contributed by atoms with van der Waals surface area (Å²) < 4.78 is 4.82. The van der Waals surface area contributed by atoms with Crippen LogP contribution in [0.3, 0.4) is 0 Å². The van der Waals surface area contributed by atoms with Crippen molar-refractivity contribution in [2.24, 2.45) is 5.92 Å². The van der Waals surface area contributed by atoms with E-state index in [4.69, 9.17) is 4.74 Å². The Morgan fingerprint density at radius 2 is 2.08 bits per heavy atom. The molecule has 1 aliphatic carbocycles. The molecule has 0 saturated carbocycles. The van der Waals surface area contributed by atoms with Crippen molar-refractivity contribution >= 4 is 11.9 Å². The molecule has 1 aromatic rings. The number of benzene rings is 1. The Morgan fingerprint density at radius 3 is 2.72 bits per heavy atom. The van der Waals surface area contributed by atoms with Gasteiger partial charge in [-0.2, -0.15) is 0 Å². The number of esters is 1. The second-order valence-corrected chi connectivity index (χ2v) is 6.90. The summed E-state index contributed by atoms with van der Waals surface area (Å²) in [6, 6.07) is 7.61. The van der Waals surface area contributed by atoms with E-state index in [1.54, 1.807) is 4.90 Å². The van der Waals surface area contributed by atoms with E-state index < -0.39 is 0 Å². The van der Waals surface area contributed by atoms with Crippen molar-refractivity contribution in [3.05, 3.63) is 47.0 Å². The molecule has 1 amide bonds. The van der Waals surface area contributed by atoms with Crippen LogP contribution in [0.15, 0.2) is 35.9 Å². The molecule has 0 heterocycles. The van der Waals surface area contributed by atoms with Crippen LogP contribution in [-0.4, -0.2) is 37.0 Å². The molecule has 0 radical (unpaired) electrons. The summed E-state index contributed by atoms with van der Waals surface area (Å²) in [6.45, 7) is 4.81. The molecule has 0 aliphatic heterocycles. The molecule has 0 bridgehead atoms. The largest absolute Gasteiger partial charge is 0.469 e. The van der Waals surface area contributed by atoms with Crippen LogP contribution in [0.4, 0.5) is 0 Å². The maximum Gasteiger partial charge on any atom is 0.310 e. The van der Waals surface area contributed by atoms with Gasteiger partial charge in [0.1, 0.15) is 0 Å². The van der Waals surface area contributed by atoms with Gasteiger partial charge in [-0.1, -0.05) is 36.3 Å². The number of hydrogen-bond donors (Lipinski definition) is 0. The zero-order valence-corrected chi connectivity index (χ0v) is 15.6. The summed E-state index contributed by atoms with van der Waals surface area (Å²) >= 11 is 0. The summed E-state index contributed by atoms with van der Waals surface area (Å²) in [5.41, 5.74) is 3.16. The fraction of sp³-hybridized carbons (Fsp3) is 0.524. The molecular formula is C21H29NO3. The number of hydrogen-bond acceptors (Lipinski definition) is 3. The lowest BCUT2D eigenvalue weighted by atomic mass is 9.97. The van der Waals surface area contributed by atoms with E-state index in [-0.39, 0.29) is 17.8 Å². The molecule has 0 saturated heterocycles. The van der Waals surface area contributed by atoms with Crippen molar-refractivity contribution in [1.29, 1.82) is 0 Å². The summed E-state index contributed by atoms with van der Waals surface area (Å²) in [7, 11) is 1.39. The van der Waals surface area contributed by atoms with Gasteiger partial charge in [0.05, 0.1) is 13.0 Å². The van der Waals surface area contributed by atoms with E-state index in [9.17, 15) is 9.59 Å². The van der Waals surface area contributed by atoms with Crippen LogP contribution in [0.25, 0.3) is 0 Å². The Hall–Kier alpha value is -2.10. The van der Waals surface area contributed by atoms with Crippen molar-refractivity contribution in [1.82, 2.24) is 4.90 Å². The average molecular weight is 343 g/mol. The van der Waals surface area contributed by atoms with Gasteiger partial charge in [-0.15, -0.1) is 0 Å². The summed E-state index contributed by atoms with van der Waals surface area (Å²) in [5.74, 6) is -0.631. The number of allylic oxidation sites excluding steroid dienone is 1. The van der Waals surface area contributed by atoms with Crippen LogP contribution in [0.2, 0.25) is 0 Å². The summed E-state index contributed by atoms with van der Waals surface area (Å²) in [5, 5.41) is 0. The molecule has 1 aliphatic rings. The van der Waals surface area contributed by atoms with Crippen molar-refractivity contribution in [3.63, 3.8) is 0 Å². The number of methoxy groups -OCH3 is 1. The molecule has 4 nitrogen and oxygen atoms in total. The second-order valence-electron chi connectivity index (χ2n) is 6.90. The lowest BCUT2D eigenvalue weighted by Gasteiger charge is -2.26. The Balaban J connectivity index is 2.11. The molecule has 1 unspecified atom stereocenters. The zero-order valence-electron chi connectivity index (χ0n) is 15.6. The molecule has 4 heteroatoms. The summed E-state index contributed by atoms with van der Waals surface area (Å²) in [6.07, 6.45) is 7.94. The topological polar surface area (TPSA) is 46.6 Å². The Morgan fingerprint density at radius 1 is 1.28 bits per heavy atom. The highest BCUT2D eigenvalue weighted by molar-refractivity contribution is 5.94. The first-order chi connectivity index (χ1) is 12.0. The first-order valence-electron chi connectivity index (χ1n) is 9.13. The molecule has 136 valence electrons. The summed E-state index contributed by atoms with van der Waals surface area (Å²) in [4.78, 5) is 26.6. The first kappa shape index (κ1) is 19.2. The fourth-order valence-electron chi connectivity index (χ4n) is 3.25. The van der Waals surface area contributed by atoms with Crippen molar-refractivity contribution < 1.29 is 14.3 Å². The fourth-order valence-corrected chi connectivity index (χ4v) is 3.25. The van der Waals surface area contributed by atoms with Crippen LogP contribution in [0, 0.1) is 12.8 Å². The number of ether oxygens (including phenoxy) is 1. The third-order valence-electron chi connectivity index (χ3n) is 4.74. The van der Waals surface area contributed by atoms with Gasteiger partial charge in [0.25, 0.3) is 5.91 Å². The quantitative estimate of drug-likeness (QED) is 0.552. The average Bonchev–Trinajstić information content (AvgIpc) is 2.64. The van der Waals surface area contributed by atoms with Gasteiger partial charge < -0.3 is 9.64 Å². The van der Waals surface area contributed by atoms with Gasteiger partial charge >= 0.3 is 5.97 Å². The Kier molecular flexibility index (Phi) is 7.23. The minimum Gasteiger partial charge on any atom is -0.469 e. The lowest BCUT2D eigenvalue weighted by Crippen LogP contribution is -2.38. The van der Waals surface area contributed by atoms with Crippen LogP contribution in [0.5, 0.6) is 0 Å². The van der Waals surface area contributed by atoms with E-state index in [1.165, 1.54) is 25.5 Å². The zero-order chi connectivity index (χ0) is 18.2. The maximum atomic E-state index is 13.0. The van der Waals surface area contributed by atoms with Crippen molar-refractivity contribution in [2.45, 2.75) is 46.0 Å². The van der Waals surface area contributed by atoms with Crippen molar-refractivity contribution in [2.75, 3.05) is 20.2 Å². The third kappa shape index (κ3) is 5.73. The van der Waals surface area contributed by atoms with Gasteiger partial charge in [-0.05, 0) is 51.2 Å². The highest BCUT2D eigenvalue weighted by Crippen LogP contribution is 2.21. The molecule has 0 spiro atoms. The predicted octanol–water partition coefficient (Wildman–Crippen LogP) is 4.14. The molecule has 0 N–H and O–H groups in total. The first-order valence-corrected chi connectivity index (χ1v) is 9.13. The van der Waals surface area contributed by atoms with E-state index in [0.29, 0.717) is 18.7 Å². The standard InChI is InChI=1S/C21H29NO3/c1-16-8-7-11-19(14-16)20(23)22(15-17(2)21(24)25-3)13-12-18-9-5-4-6-10-18/h7-9,11,14,17H,4-6,10,12-13,15H2,1-3H3. The second kappa shape index (κ2) is 9.40. The molecule has 2 rings (SSSR count). The molecule has 1 aromatic carbocycles.